The van der Waals surface area contributed by atoms with E-state index in [1.54, 1.807) is 6.07 Å². The second-order valence-electron chi connectivity index (χ2n) is 7.39. The topological polar surface area (TPSA) is 114 Å². The van der Waals surface area contributed by atoms with Gasteiger partial charge in [-0.3, -0.25) is 14.4 Å². The maximum Gasteiger partial charge on any atom is 0.322 e. The first-order chi connectivity index (χ1) is 15.3. The number of aromatic nitrogens is 2. The van der Waals surface area contributed by atoms with Gasteiger partial charge < -0.3 is 24.7 Å². The zero-order valence-corrected chi connectivity index (χ0v) is 18.7. The quantitative estimate of drug-likeness (QED) is 0.507. The molecule has 0 unspecified atom stereocenters. The molecule has 166 valence electrons. The molecule has 1 aliphatic heterocycles. The van der Waals surface area contributed by atoms with Gasteiger partial charge in [0, 0.05) is 46.2 Å². The van der Waals surface area contributed by atoms with Gasteiger partial charge in [0.2, 0.25) is 0 Å². The highest BCUT2D eigenvalue weighted by molar-refractivity contribution is 7.98. The van der Waals surface area contributed by atoms with E-state index in [2.05, 4.69) is 5.32 Å². The minimum Gasteiger partial charge on any atom is -0.507 e. The number of pyridine rings is 1. The van der Waals surface area contributed by atoms with Gasteiger partial charge in [-0.05, 0) is 29.8 Å². The first-order valence-corrected chi connectivity index (χ1v) is 11.3. The predicted octanol–water partition coefficient (Wildman–Crippen LogP) is 2.82. The van der Waals surface area contributed by atoms with E-state index in [1.165, 1.54) is 16.3 Å². The number of rotatable bonds is 6. The number of nitrogens with one attached hydrogen (secondary N) is 1. The van der Waals surface area contributed by atoms with Gasteiger partial charge >= 0.3 is 5.97 Å². The van der Waals surface area contributed by atoms with Crippen molar-refractivity contribution in [3.63, 3.8) is 0 Å². The minimum atomic E-state index is -1.24. The molecule has 0 saturated heterocycles. The van der Waals surface area contributed by atoms with E-state index in [1.807, 2.05) is 41.9 Å². The molecule has 1 amide bonds. The Labute approximate surface area is 192 Å². The summed E-state index contributed by atoms with van der Waals surface area (Å²) < 4.78 is 3.44. The average Bonchev–Trinajstić information content (AvgIpc) is 3.37. The zero-order chi connectivity index (χ0) is 23.0. The first-order valence-electron chi connectivity index (χ1n) is 9.73. The molecule has 2 aromatic heterocycles. The van der Waals surface area contributed by atoms with Gasteiger partial charge in [-0.1, -0.05) is 23.7 Å². The Bertz CT molecular complexity index is 1300. The Kier molecular flexibility index (Phi) is 6.03. The number of aromatic hydroxyl groups is 1. The number of aliphatic carboxylic acids is 1. The van der Waals surface area contributed by atoms with Gasteiger partial charge in [0.05, 0.1) is 6.54 Å². The number of halogens is 1. The maximum atomic E-state index is 13.2. The van der Waals surface area contributed by atoms with Crippen LogP contribution in [-0.4, -0.2) is 37.8 Å². The van der Waals surface area contributed by atoms with E-state index >= 15 is 0 Å². The van der Waals surface area contributed by atoms with Crippen molar-refractivity contribution in [2.75, 3.05) is 6.54 Å². The van der Waals surface area contributed by atoms with Crippen molar-refractivity contribution in [1.82, 2.24) is 14.5 Å². The Morgan fingerprint density at radius 3 is 2.72 bits per heavy atom. The van der Waals surface area contributed by atoms with Crippen LogP contribution in [0.25, 0.3) is 11.3 Å². The van der Waals surface area contributed by atoms with Crippen LogP contribution in [0.3, 0.4) is 0 Å². The number of carbonyl (C=O) groups is 2. The fraction of sp³-hybridized carbons (Fsp3) is 0.227. The van der Waals surface area contributed by atoms with Crippen LogP contribution in [0.4, 0.5) is 0 Å². The van der Waals surface area contributed by atoms with E-state index in [4.69, 9.17) is 16.7 Å². The van der Waals surface area contributed by atoms with Crippen molar-refractivity contribution in [1.29, 1.82) is 0 Å². The molecular formula is C22H20ClN3O5S. The molecule has 1 aliphatic rings. The summed E-state index contributed by atoms with van der Waals surface area (Å²) in [6, 6.07) is 11.3. The molecule has 0 bridgehead atoms. The molecule has 3 N–H and O–H groups in total. The lowest BCUT2D eigenvalue weighted by Crippen LogP contribution is -2.37. The summed E-state index contributed by atoms with van der Waals surface area (Å²) in [6.45, 7) is -0.456. The number of benzene rings is 1. The molecular weight excluding hydrogens is 454 g/mol. The number of hydrogen-bond donors (Lipinski definition) is 3. The standard InChI is InChI=1S/C22H20ClN3O5S/c1-25-14(5-6-16(25)12-3-2-4-13(23)7-12)9-26-17-11-32-10-15(17)20(29)19(22(26)31)21(30)24-8-18(27)28/h2-7,29H,8-11H2,1H3,(H,24,30)(H,27,28). The molecule has 0 spiro atoms. The Hall–Kier alpha value is -3.17. The number of nitrogens with zero attached hydrogens (tertiary/aromatic N) is 2. The van der Waals surface area contributed by atoms with Crippen LogP contribution in [0.1, 0.15) is 27.3 Å². The van der Waals surface area contributed by atoms with Gasteiger partial charge in [0.1, 0.15) is 17.9 Å². The van der Waals surface area contributed by atoms with Crippen LogP contribution in [-0.2, 0) is 29.9 Å². The van der Waals surface area contributed by atoms with Crippen LogP contribution < -0.4 is 10.9 Å². The molecule has 0 atom stereocenters. The third kappa shape index (κ3) is 4.01. The van der Waals surface area contributed by atoms with E-state index in [9.17, 15) is 19.5 Å². The van der Waals surface area contributed by atoms with Crippen molar-refractivity contribution < 1.29 is 19.8 Å². The van der Waals surface area contributed by atoms with Crippen molar-refractivity contribution in [2.45, 2.75) is 18.1 Å². The highest BCUT2D eigenvalue weighted by Gasteiger charge is 2.29. The lowest BCUT2D eigenvalue weighted by atomic mass is 10.1. The average molecular weight is 474 g/mol. The highest BCUT2D eigenvalue weighted by Crippen LogP contribution is 2.36. The maximum absolute atomic E-state index is 13.2. The molecule has 1 aromatic carbocycles. The van der Waals surface area contributed by atoms with Gasteiger partial charge in [0.15, 0.2) is 0 Å². The SMILES string of the molecule is Cn1c(Cn2c3c(c(O)c(C(=O)NCC(=O)O)c2=O)CSC3)ccc1-c1cccc(Cl)c1. The van der Waals surface area contributed by atoms with Crippen molar-refractivity contribution in [2.24, 2.45) is 7.05 Å². The molecule has 4 rings (SSSR count). The molecule has 32 heavy (non-hydrogen) atoms. The highest BCUT2D eigenvalue weighted by atomic mass is 35.5. The summed E-state index contributed by atoms with van der Waals surface area (Å²) >= 11 is 7.65. The molecule has 10 heteroatoms. The minimum absolute atomic E-state index is 0.193. The summed E-state index contributed by atoms with van der Waals surface area (Å²) in [7, 11) is 1.88. The van der Waals surface area contributed by atoms with E-state index in [0.717, 1.165) is 17.0 Å². The van der Waals surface area contributed by atoms with E-state index in [0.29, 0.717) is 27.8 Å². The van der Waals surface area contributed by atoms with Crippen LogP contribution in [0.15, 0.2) is 41.2 Å². The molecule has 0 radical (unpaired) electrons. The summed E-state index contributed by atoms with van der Waals surface area (Å²) in [6.07, 6.45) is 0. The van der Waals surface area contributed by atoms with E-state index in [-0.39, 0.29) is 12.3 Å². The monoisotopic (exact) mass is 473 g/mol. The smallest absolute Gasteiger partial charge is 0.322 e. The fourth-order valence-electron chi connectivity index (χ4n) is 3.80. The van der Waals surface area contributed by atoms with Crippen LogP contribution in [0.5, 0.6) is 5.75 Å². The molecule has 3 aromatic rings. The summed E-state index contributed by atoms with van der Waals surface area (Å²) in [4.78, 5) is 36.5. The molecule has 8 nitrogen and oxygen atoms in total. The normalized spacial score (nSPS) is 12.6. The third-order valence-electron chi connectivity index (χ3n) is 5.43. The van der Waals surface area contributed by atoms with Crippen molar-refractivity contribution >= 4 is 35.2 Å². The number of carboxylic acid groups (broad SMARTS) is 1. The summed E-state index contributed by atoms with van der Waals surface area (Å²) in [5.41, 5.74) is 2.77. The Morgan fingerprint density at radius 1 is 1.22 bits per heavy atom. The fourth-order valence-corrected chi connectivity index (χ4v) is 5.13. The largest absolute Gasteiger partial charge is 0.507 e. The predicted molar refractivity (Wildman–Crippen MR) is 122 cm³/mol. The second-order valence-corrected chi connectivity index (χ2v) is 8.81. The van der Waals surface area contributed by atoms with Crippen molar-refractivity contribution in [3.8, 4) is 17.0 Å². The lowest BCUT2D eigenvalue weighted by molar-refractivity contribution is -0.135. The van der Waals surface area contributed by atoms with Crippen LogP contribution in [0, 0.1) is 0 Å². The number of thioether (sulfide) groups is 1. The number of carboxylic acids is 1. The number of carbonyl (C=O) groups excluding carboxylic acids is 1. The van der Waals surface area contributed by atoms with Crippen molar-refractivity contribution in [3.05, 3.63) is 74.3 Å². The van der Waals surface area contributed by atoms with Gasteiger partial charge in [-0.25, -0.2) is 0 Å². The van der Waals surface area contributed by atoms with Gasteiger partial charge in [-0.2, -0.15) is 11.8 Å². The summed E-state index contributed by atoms with van der Waals surface area (Å²) in [5, 5.41) is 22.2. The molecule has 3 heterocycles. The Balaban J connectivity index is 1.76. The second kappa shape index (κ2) is 8.76. The molecule has 0 saturated carbocycles. The summed E-state index contributed by atoms with van der Waals surface area (Å²) in [5.74, 6) is -1.54. The third-order valence-corrected chi connectivity index (χ3v) is 6.64. The van der Waals surface area contributed by atoms with E-state index < -0.39 is 29.5 Å². The molecule has 0 fully saturated rings. The number of amides is 1. The number of hydrogen-bond acceptors (Lipinski definition) is 5. The van der Waals surface area contributed by atoms with Crippen LogP contribution in [0.2, 0.25) is 5.02 Å². The molecule has 0 aliphatic carbocycles. The number of fused-ring (bicyclic) bond motifs is 1. The zero-order valence-electron chi connectivity index (χ0n) is 17.1. The first kappa shape index (κ1) is 22.0. The van der Waals surface area contributed by atoms with Crippen LogP contribution >= 0.6 is 23.4 Å². The Morgan fingerprint density at radius 2 is 2.00 bits per heavy atom. The van der Waals surface area contributed by atoms with Gasteiger partial charge in [-0.15, -0.1) is 0 Å². The van der Waals surface area contributed by atoms with Gasteiger partial charge in [0.25, 0.3) is 11.5 Å². The lowest BCUT2D eigenvalue weighted by Gasteiger charge is -2.17.